The van der Waals surface area contributed by atoms with Gasteiger partial charge < -0.3 is 9.64 Å². The summed E-state index contributed by atoms with van der Waals surface area (Å²) >= 11 is 1.40. The lowest BCUT2D eigenvalue weighted by Gasteiger charge is -2.24. The highest BCUT2D eigenvalue weighted by Gasteiger charge is 2.47. The average Bonchev–Trinajstić information content (AvgIpc) is 3.26. The summed E-state index contributed by atoms with van der Waals surface area (Å²) in [7, 11) is 1.68. The van der Waals surface area contributed by atoms with E-state index < -0.39 is 0 Å². The van der Waals surface area contributed by atoms with Crippen LogP contribution in [-0.2, 0) is 16.6 Å². The molecule has 2 aliphatic rings. The molecule has 1 aromatic carbocycles. The zero-order valence-electron chi connectivity index (χ0n) is 13.2. The minimum absolute atomic E-state index is 0.0426. The standard InChI is InChI=1S/C17H20FN3OS/c1-22-10-7-14-19-16(23-20-14)21-11-17(8-2-3-9-17)15-12(18)5-4-6-13(15)21/h4-6H,2-3,7-11H2,1H3. The Morgan fingerprint density at radius 3 is 2.96 bits per heavy atom. The average molecular weight is 333 g/mol. The van der Waals surface area contributed by atoms with E-state index in [1.54, 1.807) is 19.2 Å². The predicted molar refractivity (Wildman–Crippen MR) is 89.0 cm³/mol. The molecule has 0 atom stereocenters. The monoisotopic (exact) mass is 333 g/mol. The maximum atomic E-state index is 14.6. The molecule has 1 aliphatic heterocycles. The van der Waals surface area contributed by atoms with Gasteiger partial charge >= 0.3 is 0 Å². The van der Waals surface area contributed by atoms with E-state index in [0.717, 1.165) is 41.6 Å². The summed E-state index contributed by atoms with van der Waals surface area (Å²) in [6.07, 6.45) is 5.19. The second-order valence-corrected chi connectivity index (χ2v) is 7.17. The molecule has 1 aliphatic carbocycles. The Kier molecular flexibility index (Phi) is 3.81. The third-order valence-corrected chi connectivity index (χ3v) is 5.83. The number of halogens is 1. The van der Waals surface area contributed by atoms with Gasteiger partial charge in [-0.15, -0.1) is 0 Å². The van der Waals surface area contributed by atoms with Gasteiger partial charge in [-0.05, 0) is 25.0 Å². The molecule has 2 aromatic rings. The Balaban J connectivity index is 1.71. The van der Waals surface area contributed by atoms with Crippen molar-refractivity contribution in [1.29, 1.82) is 0 Å². The fourth-order valence-corrected chi connectivity index (χ4v) is 4.74. The number of nitrogens with zero attached hydrogens (tertiary/aromatic N) is 3. The quantitative estimate of drug-likeness (QED) is 0.852. The number of aromatic nitrogens is 2. The molecule has 4 nitrogen and oxygen atoms in total. The predicted octanol–water partition coefficient (Wildman–Crippen LogP) is 3.83. The highest BCUT2D eigenvalue weighted by atomic mass is 32.1. The minimum atomic E-state index is -0.0731. The summed E-state index contributed by atoms with van der Waals surface area (Å²) in [5.41, 5.74) is 1.83. The number of hydrogen-bond donors (Lipinski definition) is 0. The Morgan fingerprint density at radius 1 is 1.35 bits per heavy atom. The second-order valence-electron chi connectivity index (χ2n) is 6.44. The highest BCUT2D eigenvalue weighted by Crippen LogP contribution is 2.53. The smallest absolute Gasteiger partial charge is 0.209 e. The van der Waals surface area contributed by atoms with Crippen LogP contribution in [0.1, 0.15) is 37.1 Å². The maximum absolute atomic E-state index is 14.6. The third kappa shape index (κ3) is 2.44. The van der Waals surface area contributed by atoms with Crippen LogP contribution in [0.3, 0.4) is 0 Å². The van der Waals surface area contributed by atoms with E-state index in [-0.39, 0.29) is 11.2 Å². The molecule has 0 radical (unpaired) electrons. The molecule has 0 saturated heterocycles. The van der Waals surface area contributed by atoms with Crippen molar-refractivity contribution in [2.75, 3.05) is 25.2 Å². The van der Waals surface area contributed by atoms with Crippen molar-refractivity contribution >= 4 is 22.4 Å². The molecule has 23 heavy (non-hydrogen) atoms. The minimum Gasteiger partial charge on any atom is -0.384 e. The highest BCUT2D eigenvalue weighted by molar-refractivity contribution is 7.09. The topological polar surface area (TPSA) is 38.2 Å². The normalized spacial score (nSPS) is 18.8. The van der Waals surface area contributed by atoms with Crippen molar-refractivity contribution in [3.05, 3.63) is 35.4 Å². The first-order valence-corrected chi connectivity index (χ1v) is 8.89. The molecule has 4 rings (SSSR count). The van der Waals surface area contributed by atoms with Crippen molar-refractivity contribution in [2.24, 2.45) is 0 Å². The summed E-state index contributed by atoms with van der Waals surface area (Å²) in [4.78, 5) is 6.81. The van der Waals surface area contributed by atoms with E-state index in [9.17, 15) is 4.39 Å². The number of ether oxygens (including phenoxy) is 1. The largest absolute Gasteiger partial charge is 0.384 e. The van der Waals surface area contributed by atoms with Gasteiger partial charge in [-0.3, -0.25) is 0 Å². The van der Waals surface area contributed by atoms with Gasteiger partial charge in [0.05, 0.1) is 6.61 Å². The zero-order valence-corrected chi connectivity index (χ0v) is 14.0. The Bertz CT molecular complexity index is 712. The lowest BCUT2D eigenvalue weighted by molar-refractivity contribution is 0.201. The molecule has 0 bridgehead atoms. The fourth-order valence-electron chi connectivity index (χ4n) is 4.01. The molecule has 122 valence electrons. The summed E-state index contributed by atoms with van der Waals surface area (Å²) < 4.78 is 24.1. The first-order chi connectivity index (χ1) is 11.2. The second kappa shape index (κ2) is 5.83. The van der Waals surface area contributed by atoms with E-state index in [2.05, 4.69) is 14.3 Å². The molecule has 1 aromatic heterocycles. The van der Waals surface area contributed by atoms with Gasteiger partial charge in [0.1, 0.15) is 11.6 Å². The summed E-state index contributed by atoms with van der Waals surface area (Å²) in [5, 5.41) is 0.867. The first-order valence-electron chi connectivity index (χ1n) is 8.12. The number of rotatable bonds is 4. The summed E-state index contributed by atoms with van der Waals surface area (Å²) in [6.45, 7) is 1.44. The van der Waals surface area contributed by atoms with Gasteiger partial charge in [-0.2, -0.15) is 4.37 Å². The molecule has 0 unspecified atom stereocenters. The van der Waals surface area contributed by atoms with E-state index in [1.165, 1.54) is 24.4 Å². The van der Waals surface area contributed by atoms with Crippen molar-refractivity contribution < 1.29 is 9.13 Å². The molecule has 0 N–H and O–H groups in total. The van der Waals surface area contributed by atoms with E-state index >= 15 is 0 Å². The third-order valence-electron chi connectivity index (χ3n) is 5.05. The molecule has 2 heterocycles. The van der Waals surface area contributed by atoms with Gasteiger partial charge in [0, 0.05) is 48.3 Å². The molecular weight excluding hydrogens is 313 g/mol. The van der Waals surface area contributed by atoms with E-state index in [4.69, 9.17) is 4.74 Å². The maximum Gasteiger partial charge on any atom is 0.209 e. The van der Waals surface area contributed by atoms with Crippen molar-refractivity contribution in [3.8, 4) is 0 Å². The van der Waals surface area contributed by atoms with Crippen LogP contribution in [0, 0.1) is 5.82 Å². The zero-order chi connectivity index (χ0) is 15.9. The summed E-state index contributed by atoms with van der Waals surface area (Å²) in [6, 6.07) is 5.40. The van der Waals surface area contributed by atoms with Crippen molar-refractivity contribution in [1.82, 2.24) is 9.36 Å². The molecule has 0 amide bonds. The first kappa shape index (κ1) is 15.0. The van der Waals surface area contributed by atoms with Crippen LogP contribution >= 0.6 is 11.5 Å². The van der Waals surface area contributed by atoms with Gasteiger partial charge in [0.25, 0.3) is 0 Å². The Hall–Kier alpha value is -1.53. The van der Waals surface area contributed by atoms with Crippen LogP contribution in [0.5, 0.6) is 0 Å². The van der Waals surface area contributed by atoms with Gasteiger partial charge in [-0.25, -0.2) is 9.37 Å². The number of fused-ring (bicyclic) bond motifs is 2. The molecule has 1 fully saturated rings. The molecule has 6 heteroatoms. The van der Waals surface area contributed by atoms with Gasteiger partial charge in [0.15, 0.2) is 0 Å². The van der Waals surface area contributed by atoms with E-state index in [1.807, 2.05) is 6.07 Å². The lowest BCUT2D eigenvalue weighted by atomic mass is 9.80. The van der Waals surface area contributed by atoms with Crippen LogP contribution in [-0.4, -0.2) is 29.6 Å². The van der Waals surface area contributed by atoms with Crippen molar-refractivity contribution in [2.45, 2.75) is 37.5 Å². The molecule has 1 saturated carbocycles. The number of benzene rings is 1. The van der Waals surface area contributed by atoms with Crippen LogP contribution in [0.4, 0.5) is 15.2 Å². The fraction of sp³-hybridized carbons (Fsp3) is 0.529. The number of anilines is 2. The Morgan fingerprint density at radius 2 is 2.17 bits per heavy atom. The van der Waals surface area contributed by atoms with Crippen LogP contribution < -0.4 is 4.90 Å². The van der Waals surface area contributed by atoms with Crippen LogP contribution in [0.25, 0.3) is 0 Å². The van der Waals surface area contributed by atoms with Crippen molar-refractivity contribution in [3.63, 3.8) is 0 Å². The SMILES string of the molecule is COCCc1nsc(N2CC3(CCCC3)c3c(F)cccc32)n1. The number of hydrogen-bond acceptors (Lipinski definition) is 5. The number of methoxy groups -OCH3 is 1. The van der Waals surface area contributed by atoms with Gasteiger partial charge in [0.2, 0.25) is 5.13 Å². The van der Waals surface area contributed by atoms with Gasteiger partial charge in [-0.1, -0.05) is 18.9 Å². The molecule has 1 spiro atoms. The van der Waals surface area contributed by atoms with E-state index in [0.29, 0.717) is 13.0 Å². The van der Waals surface area contributed by atoms with Crippen LogP contribution in [0.2, 0.25) is 0 Å². The Labute approximate surface area is 139 Å². The molecular formula is C17H20FN3OS. The summed E-state index contributed by atoms with van der Waals surface area (Å²) in [5.74, 6) is 0.730. The lowest BCUT2D eigenvalue weighted by Crippen LogP contribution is -2.29. The van der Waals surface area contributed by atoms with Crippen LogP contribution in [0.15, 0.2) is 18.2 Å².